The van der Waals surface area contributed by atoms with E-state index in [2.05, 4.69) is 49.8 Å². The summed E-state index contributed by atoms with van der Waals surface area (Å²) in [7, 11) is 1.45. The van der Waals surface area contributed by atoms with Crippen LogP contribution in [0.1, 0.15) is 91.4 Å². The molecule has 0 bridgehead atoms. The van der Waals surface area contributed by atoms with Crippen LogP contribution in [0, 0.1) is 5.41 Å². The van der Waals surface area contributed by atoms with Gasteiger partial charge < -0.3 is 4.74 Å². The Labute approximate surface area is 144 Å². The largest absolute Gasteiger partial charge is 0.469 e. The molecule has 0 aliphatic heterocycles. The van der Waals surface area contributed by atoms with Crippen LogP contribution >= 0.6 is 0 Å². The average molecular weight is 323 g/mol. The summed E-state index contributed by atoms with van der Waals surface area (Å²) in [5, 5.41) is 0. The second kappa shape index (κ2) is 14.5. The van der Waals surface area contributed by atoms with Crippen molar-refractivity contribution in [2.24, 2.45) is 5.41 Å². The summed E-state index contributed by atoms with van der Waals surface area (Å²) in [6.07, 6.45) is 22.0. The summed E-state index contributed by atoms with van der Waals surface area (Å²) in [5.74, 6) is -0.0853. The molecule has 0 saturated heterocycles. The molecule has 0 rings (SSSR count). The van der Waals surface area contributed by atoms with Crippen LogP contribution in [-0.4, -0.2) is 13.1 Å². The molecule has 0 heterocycles. The van der Waals surface area contributed by atoms with Crippen molar-refractivity contribution in [1.29, 1.82) is 0 Å². The molecule has 0 amide bonds. The van der Waals surface area contributed by atoms with Crippen molar-refractivity contribution in [2.45, 2.75) is 91.4 Å². The number of esters is 1. The van der Waals surface area contributed by atoms with E-state index in [1.54, 1.807) is 0 Å². The van der Waals surface area contributed by atoms with Gasteiger partial charge in [0.15, 0.2) is 0 Å². The number of ether oxygens (including phenoxy) is 1. The van der Waals surface area contributed by atoms with E-state index in [0.29, 0.717) is 6.42 Å². The Kier molecular flexibility index (Phi) is 13.9. The number of rotatable bonds is 14. The molecule has 0 aromatic rings. The van der Waals surface area contributed by atoms with Gasteiger partial charge in [0, 0.05) is 11.8 Å². The lowest BCUT2D eigenvalue weighted by Gasteiger charge is -2.14. The molecule has 0 radical (unpaired) electrons. The summed E-state index contributed by atoms with van der Waals surface area (Å²) in [5.41, 5.74) is 0.173. The van der Waals surface area contributed by atoms with Crippen molar-refractivity contribution in [2.75, 3.05) is 7.11 Å². The normalized spacial score (nSPS) is 12.3. The molecule has 134 valence electrons. The van der Waals surface area contributed by atoms with E-state index < -0.39 is 0 Å². The molecule has 23 heavy (non-hydrogen) atoms. The molecule has 0 fully saturated rings. The zero-order chi connectivity index (χ0) is 17.4. The topological polar surface area (TPSA) is 26.3 Å². The SMILES string of the molecule is CCCCC/C=C/C(C)(C)/C=C/CCCCCCCC(=O)OC. The average Bonchev–Trinajstić information content (AvgIpc) is 2.52. The third kappa shape index (κ3) is 15.6. The van der Waals surface area contributed by atoms with Crippen LogP contribution in [0.2, 0.25) is 0 Å². The van der Waals surface area contributed by atoms with Crippen molar-refractivity contribution >= 4 is 5.97 Å². The van der Waals surface area contributed by atoms with Crippen LogP contribution < -0.4 is 0 Å². The number of methoxy groups -OCH3 is 1. The number of allylic oxidation sites excluding steroid dienone is 4. The van der Waals surface area contributed by atoms with Gasteiger partial charge in [0.1, 0.15) is 0 Å². The maximum Gasteiger partial charge on any atom is 0.305 e. The lowest BCUT2D eigenvalue weighted by atomic mass is 9.91. The zero-order valence-electron chi connectivity index (χ0n) is 15.9. The molecule has 0 aromatic carbocycles. The van der Waals surface area contributed by atoms with Gasteiger partial charge in [0.2, 0.25) is 0 Å². The Hall–Kier alpha value is -1.05. The first kappa shape index (κ1) is 21.9. The maximum atomic E-state index is 11.0. The zero-order valence-corrected chi connectivity index (χ0v) is 15.9. The first-order chi connectivity index (χ1) is 11.0. The van der Waals surface area contributed by atoms with Gasteiger partial charge in [0.25, 0.3) is 0 Å². The third-order valence-corrected chi connectivity index (χ3v) is 4.05. The highest BCUT2D eigenvalue weighted by atomic mass is 16.5. The Morgan fingerprint density at radius 3 is 1.96 bits per heavy atom. The van der Waals surface area contributed by atoms with Gasteiger partial charge in [-0.25, -0.2) is 0 Å². The molecule has 0 saturated carbocycles. The standard InChI is InChI=1S/C21H38O2/c1-5-6-7-12-15-18-21(2,3)19-16-13-10-8-9-11-14-17-20(22)23-4/h15-16,18-19H,5-14,17H2,1-4H3/b18-15+,19-16+. The summed E-state index contributed by atoms with van der Waals surface area (Å²) >= 11 is 0. The smallest absolute Gasteiger partial charge is 0.305 e. The fourth-order valence-electron chi connectivity index (χ4n) is 2.51. The van der Waals surface area contributed by atoms with Gasteiger partial charge in [-0.1, -0.05) is 77.2 Å². The first-order valence-corrected chi connectivity index (χ1v) is 9.44. The quantitative estimate of drug-likeness (QED) is 0.204. The van der Waals surface area contributed by atoms with E-state index in [4.69, 9.17) is 0 Å². The molecule has 2 nitrogen and oxygen atoms in total. The van der Waals surface area contributed by atoms with E-state index in [-0.39, 0.29) is 11.4 Å². The highest BCUT2D eigenvalue weighted by Gasteiger charge is 2.07. The predicted octanol–water partition coefficient (Wildman–Crippen LogP) is 6.61. The molecular weight excluding hydrogens is 284 g/mol. The van der Waals surface area contributed by atoms with Crippen molar-refractivity contribution in [3.8, 4) is 0 Å². The van der Waals surface area contributed by atoms with Crippen molar-refractivity contribution in [3.63, 3.8) is 0 Å². The predicted molar refractivity (Wildman–Crippen MR) is 101 cm³/mol. The lowest BCUT2D eigenvalue weighted by molar-refractivity contribution is -0.140. The summed E-state index contributed by atoms with van der Waals surface area (Å²) in [4.78, 5) is 11.0. The minimum absolute atomic E-state index is 0.0853. The molecule has 0 spiro atoms. The van der Waals surface area contributed by atoms with Crippen LogP contribution in [0.25, 0.3) is 0 Å². The Morgan fingerprint density at radius 2 is 1.39 bits per heavy atom. The molecule has 0 aliphatic carbocycles. The number of carbonyl (C=O) groups is 1. The Bertz CT molecular complexity index is 340. The van der Waals surface area contributed by atoms with Gasteiger partial charge in [-0.15, -0.1) is 0 Å². The van der Waals surface area contributed by atoms with Gasteiger partial charge in [0.05, 0.1) is 7.11 Å². The molecule has 0 atom stereocenters. The monoisotopic (exact) mass is 322 g/mol. The minimum Gasteiger partial charge on any atom is -0.469 e. The number of carbonyl (C=O) groups excluding carboxylic acids is 1. The Morgan fingerprint density at radius 1 is 0.870 bits per heavy atom. The van der Waals surface area contributed by atoms with Crippen LogP contribution in [0.15, 0.2) is 24.3 Å². The van der Waals surface area contributed by atoms with Crippen LogP contribution in [0.5, 0.6) is 0 Å². The molecule has 0 aromatic heterocycles. The highest BCUT2D eigenvalue weighted by Crippen LogP contribution is 2.20. The molecule has 0 N–H and O–H groups in total. The fraction of sp³-hybridized carbons (Fsp3) is 0.762. The molecule has 0 aliphatic rings. The number of hydrogen-bond acceptors (Lipinski definition) is 2. The second-order valence-corrected chi connectivity index (χ2v) is 7.00. The number of hydrogen-bond donors (Lipinski definition) is 0. The first-order valence-electron chi connectivity index (χ1n) is 9.44. The number of unbranched alkanes of at least 4 members (excludes halogenated alkanes) is 8. The highest BCUT2D eigenvalue weighted by molar-refractivity contribution is 5.68. The van der Waals surface area contributed by atoms with Gasteiger partial charge in [-0.2, -0.15) is 0 Å². The molecular formula is C21H38O2. The maximum absolute atomic E-state index is 11.0. The van der Waals surface area contributed by atoms with E-state index >= 15 is 0 Å². The van der Waals surface area contributed by atoms with E-state index in [1.165, 1.54) is 52.1 Å². The van der Waals surface area contributed by atoms with Gasteiger partial charge in [-0.05, 0) is 32.1 Å². The van der Waals surface area contributed by atoms with Crippen molar-refractivity contribution in [1.82, 2.24) is 0 Å². The summed E-state index contributed by atoms with van der Waals surface area (Å²) in [6.45, 7) is 6.79. The van der Waals surface area contributed by atoms with E-state index in [9.17, 15) is 4.79 Å². The van der Waals surface area contributed by atoms with Crippen molar-refractivity contribution < 1.29 is 9.53 Å². The van der Waals surface area contributed by atoms with Crippen LogP contribution in [0.4, 0.5) is 0 Å². The van der Waals surface area contributed by atoms with Crippen LogP contribution in [0.3, 0.4) is 0 Å². The minimum atomic E-state index is -0.0853. The van der Waals surface area contributed by atoms with Gasteiger partial charge >= 0.3 is 5.97 Å². The lowest BCUT2D eigenvalue weighted by Crippen LogP contribution is -2.01. The summed E-state index contributed by atoms with van der Waals surface area (Å²) in [6, 6.07) is 0. The van der Waals surface area contributed by atoms with Gasteiger partial charge in [-0.3, -0.25) is 4.79 Å². The summed E-state index contributed by atoms with van der Waals surface area (Å²) < 4.78 is 4.64. The Balaban J connectivity index is 3.62. The second-order valence-electron chi connectivity index (χ2n) is 7.00. The van der Waals surface area contributed by atoms with Crippen molar-refractivity contribution in [3.05, 3.63) is 24.3 Å². The fourth-order valence-corrected chi connectivity index (χ4v) is 2.51. The van der Waals surface area contributed by atoms with E-state index in [1.807, 2.05) is 0 Å². The molecule has 0 unspecified atom stereocenters. The third-order valence-electron chi connectivity index (χ3n) is 4.05. The molecule has 2 heteroatoms. The van der Waals surface area contributed by atoms with E-state index in [0.717, 1.165) is 19.3 Å². The van der Waals surface area contributed by atoms with Crippen LogP contribution in [-0.2, 0) is 9.53 Å².